The Morgan fingerprint density at radius 2 is 2.06 bits per heavy atom. The lowest BCUT2D eigenvalue weighted by molar-refractivity contribution is 0.671. The second-order valence-electron chi connectivity index (χ2n) is 3.76. The van der Waals surface area contributed by atoms with Gasteiger partial charge in [0.2, 0.25) is 0 Å². The second kappa shape index (κ2) is 4.63. The van der Waals surface area contributed by atoms with E-state index in [0.29, 0.717) is 23.1 Å². The molecule has 0 spiro atoms. The second-order valence-corrected chi connectivity index (χ2v) is 4.14. The molecule has 2 aromatic heterocycles. The van der Waals surface area contributed by atoms with Crippen LogP contribution in [0, 0.1) is 13.8 Å². The summed E-state index contributed by atoms with van der Waals surface area (Å²) in [6, 6.07) is 5.23. The van der Waals surface area contributed by atoms with E-state index in [2.05, 4.69) is 15.2 Å². The summed E-state index contributed by atoms with van der Waals surface area (Å²) in [5, 5.41) is 7.97. The molecular weight excluding hydrogens is 240 g/mol. The predicted octanol–water partition coefficient (Wildman–Crippen LogP) is 1.35. The summed E-state index contributed by atoms with van der Waals surface area (Å²) in [6.45, 7) is 4.00. The van der Waals surface area contributed by atoms with Gasteiger partial charge in [0.05, 0.1) is 12.2 Å². The fourth-order valence-corrected chi connectivity index (χ4v) is 1.66. The summed E-state index contributed by atoms with van der Waals surface area (Å²) < 4.78 is 1.55. The molecule has 0 atom stereocenters. The third kappa shape index (κ3) is 2.68. The van der Waals surface area contributed by atoms with E-state index in [1.165, 1.54) is 0 Å². The third-order valence-corrected chi connectivity index (χ3v) is 2.56. The molecular formula is C11H11ClN4O. The zero-order valence-corrected chi connectivity index (χ0v) is 10.3. The Hall–Kier alpha value is -1.75. The Balaban J connectivity index is 2.36. The Labute approximate surface area is 103 Å². The molecule has 0 radical (unpaired) electrons. The fourth-order valence-electron chi connectivity index (χ4n) is 1.56. The van der Waals surface area contributed by atoms with E-state index in [-0.39, 0.29) is 5.69 Å². The van der Waals surface area contributed by atoms with Gasteiger partial charge in [-0.1, -0.05) is 11.6 Å². The topological polar surface area (TPSA) is 60.7 Å². The summed E-state index contributed by atoms with van der Waals surface area (Å²) in [5.74, 6) is 0. The van der Waals surface area contributed by atoms with Crippen LogP contribution >= 0.6 is 11.6 Å². The summed E-state index contributed by atoms with van der Waals surface area (Å²) in [6.07, 6.45) is 0. The molecule has 0 aliphatic heterocycles. The zero-order valence-electron chi connectivity index (χ0n) is 9.51. The SMILES string of the molecule is Cc1cc(C)n(Cc2ccc(Cl)nn2)c(=O)n1. The van der Waals surface area contributed by atoms with E-state index in [9.17, 15) is 4.79 Å². The molecule has 0 saturated heterocycles. The molecule has 88 valence electrons. The smallest absolute Gasteiger partial charge is 0.291 e. The van der Waals surface area contributed by atoms with Gasteiger partial charge in [-0.05, 0) is 32.0 Å². The van der Waals surface area contributed by atoms with Gasteiger partial charge in [-0.3, -0.25) is 4.57 Å². The van der Waals surface area contributed by atoms with Crippen molar-refractivity contribution in [3.63, 3.8) is 0 Å². The molecule has 0 fully saturated rings. The van der Waals surface area contributed by atoms with Gasteiger partial charge in [0.15, 0.2) is 5.15 Å². The number of halogens is 1. The molecule has 2 rings (SSSR count). The average Bonchev–Trinajstić information content (AvgIpc) is 2.26. The minimum absolute atomic E-state index is 0.278. The first-order chi connectivity index (χ1) is 8.06. The summed E-state index contributed by atoms with van der Waals surface area (Å²) in [4.78, 5) is 15.6. The van der Waals surface area contributed by atoms with Crippen molar-refractivity contribution in [3.8, 4) is 0 Å². The van der Waals surface area contributed by atoms with Crippen LogP contribution in [0.4, 0.5) is 0 Å². The summed E-state index contributed by atoms with van der Waals surface area (Å²) in [7, 11) is 0. The van der Waals surface area contributed by atoms with Crippen molar-refractivity contribution >= 4 is 11.6 Å². The van der Waals surface area contributed by atoms with Crippen molar-refractivity contribution in [3.05, 3.63) is 50.9 Å². The quantitative estimate of drug-likeness (QED) is 0.807. The Kier molecular flexibility index (Phi) is 3.19. The molecule has 17 heavy (non-hydrogen) atoms. The van der Waals surface area contributed by atoms with Crippen LogP contribution in [0.5, 0.6) is 0 Å². The van der Waals surface area contributed by atoms with Crippen LogP contribution in [0.3, 0.4) is 0 Å². The molecule has 0 bridgehead atoms. The molecule has 0 saturated carbocycles. The first-order valence-electron chi connectivity index (χ1n) is 5.09. The molecule has 0 aromatic carbocycles. The van der Waals surface area contributed by atoms with E-state index < -0.39 is 0 Å². The number of rotatable bonds is 2. The van der Waals surface area contributed by atoms with Crippen LogP contribution in [0.15, 0.2) is 23.0 Å². The highest BCUT2D eigenvalue weighted by Gasteiger charge is 2.05. The Morgan fingerprint density at radius 3 is 2.65 bits per heavy atom. The number of nitrogens with zero attached hydrogens (tertiary/aromatic N) is 4. The van der Waals surface area contributed by atoms with Gasteiger partial charge in [-0.2, -0.15) is 10.1 Å². The molecule has 0 N–H and O–H groups in total. The third-order valence-electron chi connectivity index (χ3n) is 2.35. The van der Waals surface area contributed by atoms with Gasteiger partial charge in [0.25, 0.3) is 0 Å². The first kappa shape index (κ1) is 11.7. The van der Waals surface area contributed by atoms with Gasteiger partial charge in [0.1, 0.15) is 0 Å². The van der Waals surface area contributed by atoms with Crippen LogP contribution in [0.1, 0.15) is 17.1 Å². The first-order valence-corrected chi connectivity index (χ1v) is 5.47. The standard InChI is InChI=1S/C11H11ClN4O/c1-7-5-8(2)16(11(17)13-7)6-9-3-4-10(12)15-14-9/h3-5H,6H2,1-2H3. The van der Waals surface area contributed by atoms with Crippen molar-refractivity contribution < 1.29 is 0 Å². The van der Waals surface area contributed by atoms with Crippen LogP contribution in [0.2, 0.25) is 5.15 Å². The maximum absolute atomic E-state index is 11.7. The molecule has 0 aliphatic rings. The summed E-state index contributed by atoms with van der Waals surface area (Å²) >= 11 is 5.64. The van der Waals surface area contributed by atoms with Crippen molar-refractivity contribution in [1.82, 2.24) is 19.7 Å². The molecule has 0 aliphatic carbocycles. The van der Waals surface area contributed by atoms with Crippen LogP contribution in [-0.4, -0.2) is 19.7 Å². The zero-order chi connectivity index (χ0) is 12.4. The highest BCUT2D eigenvalue weighted by atomic mass is 35.5. The molecule has 0 unspecified atom stereocenters. The van der Waals surface area contributed by atoms with Gasteiger partial charge in [-0.25, -0.2) is 4.79 Å². The maximum Gasteiger partial charge on any atom is 0.348 e. The van der Waals surface area contributed by atoms with E-state index in [0.717, 1.165) is 5.69 Å². The molecule has 5 nitrogen and oxygen atoms in total. The van der Waals surface area contributed by atoms with E-state index >= 15 is 0 Å². The highest BCUT2D eigenvalue weighted by molar-refractivity contribution is 6.29. The van der Waals surface area contributed by atoms with Crippen LogP contribution in [-0.2, 0) is 6.54 Å². The minimum atomic E-state index is -0.278. The fraction of sp³-hybridized carbons (Fsp3) is 0.273. The van der Waals surface area contributed by atoms with Crippen molar-refractivity contribution in [2.75, 3.05) is 0 Å². The minimum Gasteiger partial charge on any atom is -0.291 e. The normalized spacial score (nSPS) is 10.5. The van der Waals surface area contributed by atoms with Crippen molar-refractivity contribution in [2.24, 2.45) is 0 Å². The van der Waals surface area contributed by atoms with Gasteiger partial charge >= 0.3 is 5.69 Å². The largest absolute Gasteiger partial charge is 0.348 e. The monoisotopic (exact) mass is 250 g/mol. The van der Waals surface area contributed by atoms with E-state index in [4.69, 9.17) is 11.6 Å². The molecule has 6 heteroatoms. The van der Waals surface area contributed by atoms with Gasteiger partial charge < -0.3 is 0 Å². The predicted molar refractivity (Wildman–Crippen MR) is 64.1 cm³/mol. The Morgan fingerprint density at radius 1 is 1.29 bits per heavy atom. The van der Waals surface area contributed by atoms with E-state index in [1.807, 2.05) is 13.0 Å². The number of aromatic nitrogens is 4. The van der Waals surface area contributed by atoms with E-state index in [1.54, 1.807) is 23.6 Å². The highest BCUT2D eigenvalue weighted by Crippen LogP contribution is 2.04. The van der Waals surface area contributed by atoms with Gasteiger partial charge in [-0.15, -0.1) is 5.10 Å². The lowest BCUT2D eigenvalue weighted by atomic mass is 10.3. The molecule has 2 heterocycles. The molecule has 0 amide bonds. The molecule has 2 aromatic rings. The van der Waals surface area contributed by atoms with Gasteiger partial charge in [0, 0.05) is 11.4 Å². The maximum atomic E-state index is 11.7. The average molecular weight is 251 g/mol. The summed E-state index contributed by atoms with van der Waals surface area (Å²) in [5.41, 5.74) is 1.95. The van der Waals surface area contributed by atoms with Crippen molar-refractivity contribution in [1.29, 1.82) is 0 Å². The lowest BCUT2D eigenvalue weighted by Crippen LogP contribution is -2.26. The lowest BCUT2D eigenvalue weighted by Gasteiger charge is -2.08. The Bertz CT molecular complexity index is 591. The van der Waals surface area contributed by atoms with Crippen LogP contribution < -0.4 is 5.69 Å². The number of hydrogen-bond donors (Lipinski definition) is 0. The van der Waals surface area contributed by atoms with Crippen molar-refractivity contribution in [2.45, 2.75) is 20.4 Å². The number of hydrogen-bond acceptors (Lipinski definition) is 4. The number of aryl methyl sites for hydroxylation is 2. The van der Waals surface area contributed by atoms with Crippen LogP contribution in [0.25, 0.3) is 0 Å².